The molecule has 3 heterocycles. The van der Waals surface area contributed by atoms with Crippen LogP contribution in [-0.2, 0) is 13.0 Å². The van der Waals surface area contributed by atoms with Crippen LogP contribution >= 0.6 is 0 Å². The number of benzene rings is 2. The first-order chi connectivity index (χ1) is 19.0. The number of nitrogens with zero attached hydrogens (tertiary/aromatic N) is 5. The minimum absolute atomic E-state index is 0.119. The van der Waals surface area contributed by atoms with Crippen LogP contribution in [0.3, 0.4) is 0 Å². The van der Waals surface area contributed by atoms with Crippen LogP contribution in [-0.4, -0.2) is 44.0 Å². The van der Waals surface area contributed by atoms with Gasteiger partial charge in [0.2, 0.25) is 5.82 Å². The highest BCUT2D eigenvalue weighted by atomic mass is 16.1. The van der Waals surface area contributed by atoms with Crippen LogP contribution in [0.15, 0.2) is 71.7 Å². The van der Waals surface area contributed by atoms with Gasteiger partial charge in [0.15, 0.2) is 0 Å². The fourth-order valence-electron chi connectivity index (χ4n) is 5.00. The first-order valence-electron chi connectivity index (χ1n) is 13.5. The Morgan fingerprint density at radius 3 is 2.46 bits per heavy atom. The molecule has 0 radical (unpaired) electrons. The molecule has 0 atom stereocenters. The molecular formula is C31H33N7O. The number of H-pyrrole nitrogens is 1. The van der Waals surface area contributed by atoms with Crippen LogP contribution in [0, 0.1) is 17.2 Å². The minimum atomic E-state index is -0.119. The molecule has 39 heavy (non-hydrogen) atoms. The molecule has 0 unspecified atom stereocenters. The molecule has 1 aliphatic heterocycles. The van der Waals surface area contributed by atoms with Crippen molar-refractivity contribution in [3.8, 4) is 28.6 Å². The largest absolute Gasteiger partial charge is 0.367 e. The lowest BCUT2D eigenvalue weighted by molar-refractivity contribution is 0.211. The quantitative estimate of drug-likeness (QED) is 0.335. The summed E-state index contributed by atoms with van der Waals surface area (Å²) < 4.78 is 0. The van der Waals surface area contributed by atoms with Gasteiger partial charge in [0.25, 0.3) is 5.56 Å². The van der Waals surface area contributed by atoms with Crippen LogP contribution in [0.2, 0.25) is 0 Å². The van der Waals surface area contributed by atoms with E-state index in [0.717, 1.165) is 55.0 Å². The van der Waals surface area contributed by atoms with Gasteiger partial charge in [-0.3, -0.25) is 9.69 Å². The van der Waals surface area contributed by atoms with Crippen molar-refractivity contribution in [1.82, 2.24) is 24.8 Å². The lowest BCUT2D eigenvalue weighted by Gasteiger charge is -2.32. The summed E-state index contributed by atoms with van der Waals surface area (Å²) in [4.78, 5) is 31.4. The molecule has 1 aliphatic rings. The molecule has 5 rings (SSSR count). The van der Waals surface area contributed by atoms with Crippen LogP contribution < -0.4 is 10.9 Å². The molecule has 0 amide bonds. The molecule has 1 saturated heterocycles. The van der Waals surface area contributed by atoms with Gasteiger partial charge in [-0.2, -0.15) is 5.26 Å². The Morgan fingerprint density at radius 2 is 1.77 bits per heavy atom. The van der Waals surface area contributed by atoms with Crippen LogP contribution in [0.4, 0.5) is 5.82 Å². The predicted octanol–water partition coefficient (Wildman–Crippen LogP) is 5.04. The number of piperidine rings is 1. The monoisotopic (exact) mass is 519 g/mol. The topological polar surface area (TPSA) is 111 Å². The lowest BCUT2D eigenvalue weighted by atomic mass is 10.0. The molecule has 0 spiro atoms. The zero-order valence-corrected chi connectivity index (χ0v) is 22.4. The van der Waals surface area contributed by atoms with Gasteiger partial charge in [-0.05, 0) is 36.8 Å². The number of nitrogens with one attached hydrogen (secondary N) is 2. The van der Waals surface area contributed by atoms with Crippen molar-refractivity contribution < 1.29 is 0 Å². The fourth-order valence-corrected chi connectivity index (χ4v) is 5.00. The van der Waals surface area contributed by atoms with Crippen LogP contribution in [0.5, 0.6) is 0 Å². The number of rotatable bonds is 8. The maximum atomic E-state index is 12.8. The Morgan fingerprint density at radius 1 is 1.03 bits per heavy atom. The van der Waals surface area contributed by atoms with Gasteiger partial charge in [0.1, 0.15) is 17.6 Å². The summed E-state index contributed by atoms with van der Waals surface area (Å²) in [6, 6.07) is 22.6. The van der Waals surface area contributed by atoms with Crippen molar-refractivity contribution in [2.45, 2.75) is 45.7 Å². The van der Waals surface area contributed by atoms with E-state index in [1.807, 2.05) is 36.4 Å². The van der Waals surface area contributed by atoms with E-state index in [9.17, 15) is 4.79 Å². The first-order valence-corrected chi connectivity index (χ1v) is 13.5. The van der Waals surface area contributed by atoms with E-state index >= 15 is 0 Å². The van der Waals surface area contributed by atoms with E-state index in [2.05, 4.69) is 63.3 Å². The second-order valence-corrected chi connectivity index (χ2v) is 10.5. The van der Waals surface area contributed by atoms with Gasteiger partial charge in [-0.1, -0.05) is 68.4 Å². The standard InChI is InChI=1S/C31H33N7O/c1-21(2)18-26-31(39)37-30(23-6-4-3-5-7-23)29(35-26)24-10-8-22(9-11-24)20-38-16-13-25(14-17-38)34-27-12-15-33-28(19-32)36-27/h3-12,15,21,25H,13-14,16-18,20H2,1-2H3,(H,37,39)(H,33,34,36). The Balaban J connectivity index is 1.28. The Labute approximate surface area is 228 Å². The molecule has 2 N–H and O–H groups in total. The summed E-state index contributed by atoms with van der Waals surface area (Å²) in [6.45, 7) is 7.03. The average molecular weight is 520 g/mol. The second kappa shape index (κ2) is 12.0. The average Bonchev–Trinajstić information content (AvgIpc) is 2.96. The zero-order chi connectivity index (χ0) is 27.2. The minimum Gasteiger partial charge on any atom is -0.367 e. The Hall–Kier alpha value is -4.35. The van der Waals surface area contributed by atoms with Gasteiger partial charge >= 0.3 is 0 Å². The van der Waals surface area contributed by atoms with E-state index in [1.54, 1.807) is 12.3 Å². The SMILES string of the molecule is CC(C)Cc1nc(-c2ccc(CN3CCC(Nc4ccnc(C#N)n4)CC3)cc2)c(-c2ccccc2)[nH]c1=O. The molecule has 2 aromatic heterocycles. The van der Waals surface area contributed by atoms with Crippen molar-refractivity contribution in [3.63, 3.8) is 0 Å². The molecule has 4 aromatic rings. The van der Waals surface area contributed by atoms with Crippen molar-refractivity contribution in [2.75, 3.05) is 18.4 Å². The summed E-state index contributed by atoms with van der Waals surface area (Å²) >= 11 is 0. The van der Waals surface area contributed by atoms with Crippen molar-refractivity contribution >= 4 is 5.82 Å². The molecule has 0 bridgehead atoms. The lowest BCUT2D eigenvalue weighted by Crippen LogP contribution is -2.38. The second-order valence-electron chi connectivity index (χ2n) is 10.5. The van der Waals surface area contributed by atoms with E-state index < -0.39 is 0 Å². The zero-order valence-electron chi connectivity index (χ0n) is 22.4. The maximum absolute atomic E-state index is 12.8. The molecular weight excluding hydrogens is 486 g/mol. The van der Waals surface area contributed by atoms with E-state index in [1.165, 1.54) is 5.56 Å². The molecule has 2 aromatic carbocycles. The number of aromatic nitrogens is 4. The summed E-state index contributed by atoms with van der Waals surface area (Å²) in [7, 11) is 0. The molecule has 198 valence electrons. The Kier molecular flexibility index (Phi) is 8.09. The first kappa shape index (κ1) is 26.3. The number of likely N-dealkylation sites (tertiary alicyclic amines) is 1. The fraction of sp³-hybridized carbons (Fsp3) is 0.323. The number of hydrogen-bond acceptors (Lipinski definition) is 7. The predicted molar refractivity (Wildman–Crippen MR) is 153 cm³/mol. The molecule has 1 fully saturated rings. The Bertz CT molecular complexity index is 1500. The van der Waals surface area contributed by atoms with Crippen molar-refractivity contribution in [2.24, 2.45) is 5.92 Å². The van der Waals surface area contributed by atoms with Gasteiger partial charge in [0, 0.05) is 43.0 Å². The third-order valence-corrected chi connectivity index (χ3v) is 6.98. The van der Waals surface area contributed by atoms with Crippen LogP contribution in [0.25, 0.3) is 22.5 Å². The number of anilines is 1. The molecule has 8 nitrogen and oxygen atoms in total. The van der Waals surface area contributed by atoms with E-state index in [4.69, 9.17) is 10.2 Å². The maximum Gasteiger partial charge on any atom is 0.270 e. The molecule has 0 aliphatic carbocycles. The highest BCUT2D eigenvalue weighted by molar-refractivity contribution is 5.77. The van der Waals surface area contributed by atoms with E-state index in [-0.39, 0.29) is 11.4 Å². The third-order valence-electron chi connectivity index (χ3n) is 6.98. The molecule has 8 heteroatoms. The summed E-state index contributed by atoms with van der Waals surface area (Å²) in [5.41, 5.74) is 5.19. The highest BCUT2D eigenvalue weighted by Gasteiger charge is 2.20. The summed E-state index contributed by atoms with van der Waals surface area (Å²) in [6.07, 6.45) is 4.26. The third kappa shape index (κ3) is 6.57. The van der Waals surface area contributed by atoms with Crippen molar-refractivity contribution in [1.29, 1.82) is 5.26 Å². The van der Waals surface area contributed by atoms with Crippen LogP contribution in [0.1, 0.15) is 43.8 Å². The van der Waals surface area contributed by atoms with Gasteiger partial charge in [0.05, 0.1) is 11.4 Å². The summed E-state index contributed by atoms with van der Waals surface area (Å²) in [5.74, 6) is 1.23. The number of nitriles is 1. The van der Waals surface area contributed by atoms with Gasteiger partial charge < -0.3 is 10.3 Å². The van der Waals surface area contributed by atoms with E-state index in [0.29, 0.717) is 29.9 Å². The van der Waals surface area contributed by atoms with Crippen molar-refractivity contribution in [3.05, 3.63) is 94.3 Å². The highest BCUT2D eigenvalue weighted by Crippen LogP contribution is 2.29. The number of aromatic amines is 1. The van der Waals surface area contributed by atoms with Gasteiger partial charge in [-0.25, -0.2) is 15.0 Å². The smallest absolute Gasteiger partial charge is 0.270 e. The number of hydrogen-bond donors (Lipinski definition) is 2. The summed E-state index contributed by atoms with van der Waals surface area (Å²) in [5, 5.41) is 12.5. The van der Waals surface area contributed by atoms with Gasteiger partial charge in [-0.15, -0.1) is 0 Å². The molecule has 0 saturated carbocycles. The normalized spacial score (nSPS) is 14.3.